The first kappa shape index (κ1) is 12.5. The average Bonchev–Trinajstić information content (AvgIpc) is 2.27. The van der Waals surface area contributed by atoms with Gasteiger partial charge in [0.2, 0.25) is 5.88 Å². The fraction of sp³-hybridized carbons (Fsp3) is 0.462. The van der Waals surface area contributed by atoms with Crippen molar-refractivity contribution < 1.29 is 4.74 Å². The van der Waals surface area contributed by atoms with E-state index in [0.29, 0.717) is 23.5 Å². The van der Waals surface area contributed by atoms with E-state index in [-0.39, 0.29) is 11.0 Å². The lowest BCUT2D eigenvalue weighted by molar-refractivity contribution is 0.237. The number of H-pyrrole nitrogens is 1. The molecule has 0 spiro atoms. The van der Waals surface area contributed by atoms with Crippen LogP contribution in [0.3, 0.4) is 0 Å². The van der Waals surface area contributed by atoms with Crippen molar-refractivity contribution in [3.8, 4) is 5.88 Å². The van der Waals surface area contributed by atoms with Crippen LogP contribution in [0, 0.1) is 5.41 Å². The van der Waals surface area contributed by atoms with Gasteiger partial charge in [-0.25, -0.2) is 4.98 Å². The number of hydrogen-bond donors (Lipinski definition) is 1. The topological polar surface area (TPSA) is 67.9 Å². The third-order valence-corrected chi connectivity index (χ3v) is 2.58. The molecule has 0 saturated heterocycles. The zero-order valence-corrected chi connectivity index (χ0v) is 10.9. The predicted molar refractivity (Wildman–Crippen MR) is 69.7 cm³/mol. The van der Waals surface area contributed by atoms with Crippen molar-refractivity contribution in [2.45, 2.75) is 27.2 Å². The number of fused-ring (bicyclic) bond motifs is 1. The number of nitrogens with one attached hydrogen (secondary N) is 1. The summed E-state index contributed by atoms with van der Waals surface area (Å²) in [4.78, 5) is 22.2. The summed E-state index contributed by atoms with van der Waals surface area (Å²) in [5.74, 6) is 0.504. The van der Waals surface area contributed by atoms with Crippen LogP contribution in [-0.4, -0.2) is 21.6 Å². The van der Waals surface area contributed by atoms with Gasteiger partial charge in [-0.1, -0.05) is 20.8 Å². The van der Waals surface area contributed by atoms with Crippen LogP contribution in [0.25, 0.3) is 11.0 Å². The van der Waals surface area contributed by atoms with E-state index in [2.05, 4.69) is 35.7 Å². The quantitative estimate of drug-likeness (QED) is 0.902. The van der Waals surface area contributed by atoms with Crippen LogP contribution in [0.5, 0.6) is 5.88 Å². The van der Waals surface area contributed by atoms with Crippen LogP contribution in [0.2, 0.25) is 0 Å². The SMILES string of the molecule is CC(C)(C)CCOc1ccc2c(=O)[nH]cnc2n1. The standard InChI is InChI=1S/C13H17N3O2/c1-13(2,3)6-7-18-10-5-4-9-11(16-10)14-8-15-12(9)17/h4-5,8H,6-7H2,1-3H3,(H,14,15,16,17). The van der Waals surface area contributed by atoms with Crippen LogP contribution >= 0.6 is 0 Å². The lowest BCUT2D eigenvalue weighted by Crippen LogP contribution is -2.12. The molecule has 2 heterocycles. The third-order valence-electron chi connectivity index (χ3n) is 2.58. The minimum atomic E-state index is -0.186. The highest BCUT2D eigenvalue weighted by Crippen LogP contribution is 2.19. The first-order valence-electron chi connectivity index (χ1n) is 5.93. The lowest BCUT2D eigenvalue weighted by Gasteiger charge is -2.17. The first-order valence-corrected chi connectivity index (χ1v) is 5.93. The average molecular weight is 247 g/mol. The Balaban J connectivity index is 2.14. The molecule has 0 radical (unpaired) electrons. The molecule has 0 bridgehead atoms. The molecule has 0 aliphatic rings. The molecule has 2 rings (SSSR count). The van der Waals surface area contributed by atoms with Gasteiger partial charge in [-0.2, -0.15) is 4.98 Å². The van der Waals surface area contributed by atoms with E-state index in [1.54, 1.807) is 12.1 Å². The molecule has 0 fully saturated rings. The zero-order chi connectivity index (χ0) is 13.2. The van der Waals surface area contributed by atoms with Crippen LogP contribution in [0.4, 0.5) is 0 Å². The maximum Gasteiger partial charge on any atom is 0.260 e. The van der Waals surface area contributed by atoms with E-state index in [9.17, 15) is 4.79 Å². The van der Waals surface area contributed by atoms with Crippen molar-refractivity contribution in [2.24, 2.45) is 5.41 Å². The minimum Gasteiger partial charge on any atom is -0.478 e. The van der Waals surface area contributed by atoms with Gasteiger partial charge >= 0.3 is 0 Å². The molecular formula is C13H17N3O2. The highest BCUT2D eigenvalue weighted by molar-refractivity contribution is 5.73. The summed E-state index contributed by atoms with van der Waals surface area (Å²) in [5.41, 5.74) is 0.451. The minimum absolute atomic E-state index is 0.186. The van der Waals surface area contributed by atoms with E-state index < -0.39 is 0 Å². The number of aromatic amines is 1. The Kier molecular flexibility index (Phi) is 3.32. The molecule has 1 N–H and O–H groups in total. The summed E-state index contributed by atoms with van der Waals surface area (Å²) in [6.07, 6.45) is 2.28. The molecule has 0 aliphatic heterocycles. The highest BCUT2D eigenvalue weighted by atomic mass is 16.5. The van der Waals surface area contributed by atoms with Crippen LogP contribution in [-0.2, 0) is 0 Å². The molecular weight excluding hydrogens is 230 g/mol. The van der Waals surface area contributed by atoms with Crippen molar-refractivity contribution in [3.63, 3.8) is 0 Å². The summed E-state index contributed by atoms with van der Waals surface area (Å²) in [7, 11) is 0. The van der Waals surface area contributed by atoms with E-state index in [1.807, 2.05) is 0 Å². The smallest absolute Gasteiger partial charge is 0.260 e. The Bertz CT molecular complexity index is 599. The molecule has 0 unspecified atom stereocenters. The van der Waals surface area contributed by atoms with Gasteiger partial charge in [0.25, 0.3) is 5.56 Å². The number of aromatic nitrogens is 3. The second-order valence-corrected chi connectivity index (χ2v) is 5.41. The van der Waals surface area contributed by atoms with Gasteiger partial charge in [0.15, 0.2) is 5.65 Å². The summed E-state index contributed by atoms with van der Waals surface area (Å²) < 4.78 is 5.57. The van der Waals surface area contributed by atoms with Crippen LogP contribution < -0.4 is 10.3 Å². The van der Waals surface area contributed by atoms with Gasteiger partial charge in [-0.05, 0) is 17.9 Å². The van der Waals surface area contributed by atoms with Gasteiger partial charge in [0, 0.05) is 6.07 Å². The summed E-state index contributed by atoms with van der Waals surface area (Å²) in [6.45, 7) is 7.08. The normalized spacial score (nSPS) is 11.7. The largest absolute Gasteiger partial charge is 0.478 e. The second-order valence-electron chi connectivity index (χ2n) is 5.41. The molecule has 0 amide bonds. The Morgan fingerprint density at radius 3 is 2.83 bits per heavy atom. The molecule has 5 nitrogen and oxygen atoms in total. The molecule has 96 valence electrons. The van der Waals surface area contributed by atoms with E-state index >= 15 is 0 Å². The van der Waals surface area contributed by atoms with Crippen molar-refractivity contribution in [1.82, 2.24) is 15.0 Å². The molecule has 0 saturated carbocycles. The second kappa shape index (κ2) is 4.76. The van der Waals surface area contributed by atoms with E-state index in [0.717, 1.165) is 6.42 Å². The van der Waals surface area contributed by atoms with Crippen molar-refractivity contribution in [2.75, 3.05) is 6.61 Å². The van der Waals surface area contributed by atoms with Crippen LogP contribution in [0.1, 0.15) is 27.2 Å². The number of ether oxygens (including phenoxy) is 1. The number of hydrogen-bond acceptors (Lipinski definition) is 4. The predicted octanol–water partition coefficient (Wildman–Crippen LogP) is 2.13. The fourth-order valence-electron chi connectivity index (χ4n) is 1.48. The zero-order valence-electron chi connectivity index (χ0n) is 10.9. The third kappa shape index (κ3) is 3.06. The van der Waals surface area contributed by atoms with Gasteiger partial charge in [0.1, 0.15) is 0 Å². The summed E-state index contributed by atoms with van der Waals surface area (Å²) in [6, 6.07) is 3.38. The molecule has 0 aliphatic carbocycles. The summed E-state index contributed by atoms with van der Waals surface area (Å²) in [5, 5.41) is 0.473. The molecule has 2 aromatic heterocycles. The highest BCUT2D eigenvalue weighted by Gasteiger charge is 2.10. The fourth-order valence-corrected chi connectivity index (χ4v) is 1.48. The Labute approximate surface area is 105 Å². The van der Waals surface area contributed by atoms with Gasteiger partial charge in [0.05, 0.1) is 18.3 Å². The maximum atomic E-state index is 11.5. The number of pyridine rings is 1. The van der Waals surface area contributed by atoms with Gasteiger partial charge in [-0.3, -0.25) is 4.79 Å². The van der Waals surface area contributed by atoms with Gasteiger partial charge in [-0.15, -0.1) is 0 Å². The Hall–Kier alpha value is -1.91. The monoisotopic (exact) mass is 247 g/mol. The van der Waals surface area contributed by atoms with Crippen LogP contribution in [0.15, 0.2) is 23.3 Å². The van der Waals surface area contributed by atoms with Gasteiger partial charge < -0.3 is 9.72 Å². The molecule has 0 atom stereocenters. The number of nitrogens with zero attached hydrogens (tertiary/aromatic N) is 2. The van der Waals surface area contributed by atoms with E-state index in [1.165, 1.54) is 6.33 Å². The Morgan fingerprint density at radius 2 is 2.11 bits per heavy atom. The van der Waals surface area contributed by atoms with Crippen molar-refractivity contribution in [1.29, 1.82) is 0 Å². The summed E-state index contributed by atoms with van der Waals surface area (Å²) >= 11 is 0. The molecule has 5 heteroatoms. The van der Waals surface area contributed by atoms with Crippen molar-refractivity contribution in [3.05, 3.63) is 28.8 Å². The first-order chi connectivity index (χ1) is 8.46. The molecule has 0 aromatic carbocycles. The molecule has 18 heavy (non-hydrogen) atoms. The maximum absolute atomic E-state index is 11.5. The Morgan fingerprint density at radius 1 is 1.33 bits per heavy atom. The number of rotatable bonds is 3. The lowest BCUT2D eigenvalue weighted by atomic mass is 9.93. The van der Waals surface area contributed by atoms with Crippen molar-refractivity contribution >= 4 is 11.0 Å². The molecule has 2 aromatic rings. The van der Waals surface area contributed by atoms with E-state index in [4.69, 9.17) is 4.74 Å².